The van der Waals surface area contributed by atoms with Crippen LogP contribution in [0.2, 0.25) is 0 Å². The number of nitriles is 1. The summed E-state index contributed by atoms with van der Waals surface area (Å²) < 4.78 is 13.9. The first-order chi connectivity index (χ1) is 6.24. The Morgan fingerprint density at radius 2 is 2.31 bits per heavy atom. The molecule has 3 nitrogen and oxygen atoms in total. The summed E-state index contributed by atoms with van der Waals surface area (Å²) in [4.78, 5) is 0. The van der Waals surface area contributed by atoms with Crippen LogP contribution in [-0.4, -0.2) is 10.2 Å². The summed E-state index contributed by atoms with van der Waals surface area (Å²) in [5, 5.41) is 15.3. The van der Waals surface area contributed by atoms with E-state index >= 15 is 0 Å². The number of halogens is 2. The molecule has 0 bridgehead atoms. The highest BCUT2D eigenvalue weighted by Crippen LogP contribution is 2.25. The molecule has 1 N–H and O–H groups in total. The van der Waals surface area contributed by atoms with Gasteiger partial charge in [-0.2, -0.15) is 10.4 Å². The van der Waals surface area contributed by atoms with Crippen LogP contribution in [-0.2, 0) is 0 Å². The fourth-order valence-corrected chi connectivity index (χ4v) is 1.59. The number of fused-ring (bicyclic) bond motifs is 1. The molecule has 0 atom stereocenters. The minimum Gasteiger partial charge on any atom is -0.270 e. The molecule has 2 aromatic rings. The van der Waals surface area contributed by atoms with Gasteiger partial charge in [0.25, 0.3) is 0 Å². The van der Waals surface area contributed by atoms with E-state index in [1.165, 1.54) is 6.07 Å². The molecule has 0 aliphatic carbocycles. The molecular weight excluding hydrogens is 237 g/mol. The van der Waals surface area contributed by atoms with E-state index in [1.807, 2.05) is 0 Å². The molecule has 0 unspecified atom stereocenters. The van der Waals surface area contributed by atoms with Gasteiger partial charge in [0.1, 0.15) is 10.7 Å². The van der Waals surface area contributed by atoms with Crippen molar-refractivity contribution >= 4 is 26.8 Å². The molecule has 0 aliphatic heterocycles. The SMILES string of the molecule is N#Cc1ccc2n[nH]c(Br)c2c1F. The number of rotatable bonds is 0. The van der Waals surface area contributed by atoms with E-state index in [1.54, 1.807) is 12.1 Å². The number of aromatic amines is 1. The number of H-pyrrole nitrogens is 1. The van der Waals surface area contributed by atoms with Gasteiger partial charge in [-0.1, -0.05) is 0 Å². The monoisotopic (exact) mass is 239 g/mol. The van der Waals surface area contributed by atoms with Gasteiger partial charge in [-0.25, -0.2) is 4.39 Å². The summed E-state index contributed by atoms with van der Waals surface area (Å²) >= 11 is 3.11. The number of nitrogens with one attached hydrogen (secondary N) is 1. The van der Waals surface area contributed by atoms with Crippen molar-refractivity contribution in [1.82, 2.24) is 10.2 Å². The summed E-state index contributed by atoms with van der Waals surface area (Å²) in [6.07, 6.45) is 0. The Morgan fingerprint density at radius 3 is 3.00 bits per heavy atom. The standard InChI is InChI=1S/C8H3BrFN3/c9-8-6-5(12-13-8)2-1-4(3-11)7(6)10/h1-2H,(H,12,13). The van der Waals surface area contributed by atoms with E-state index in [0.29, 0.717) is 15.5 Å². The first-order valence-electron chi connectivity index (χ1n) is 3.46. The number of hydrogen-bond acceptors (Lipinski definition) is 2. The molecule has 0 amide bonds. The Balaban J connectivity index is 2.93. The lowest BCUT2D eigenvalue weighted by Crippen LogP contribution is -1.83. The molecule has 0 saturated carbocycles. The van der Waals surface area contributed by atoms with Gasteiger partial charge in [0.2, 0.25) is 0 Å². The van der Waals surface area contributed by atoms with Crippen molar-refractivity contribution in [2.45, 2.75) is 0 Å². The number of aromatic nitrogens is 2. The molecular formula is C8H3BrFN3. The second-order valence-corrected chi connectivity index (χ2v) is 3.26. The fraction of sp³-hybridized carbons (Fsp3) is 0. The Hall–Kier alpha value is -1.41. The highest BCUT2D eigenvalue weighted by molar-refractivity contribution is 9.10. The normalized spacial score (nSPS) is 10.2. The van der Waals surface area contributed by atoms with Crippen LogP contribution in [0.1, 0.15) is 5.56 Å². The summed E-state index contributed by atoms with van der Waals surface area (Å²) in [5.41, 5.74) is 0.526. The molecule has 2 rings (SSSR count). The van der Waals surface area contributed by atoms with Crippen molar-refractivity contribution in [2.24, 2.45) is 0 Å². The van der Waals surface area contributed by atoms with Crippen LogP contribution in [0.5, 0.6) is 0 Å². The van der Waals surface area contributed by atoms with Crippen molar-refractivity contribution in [2.75, 3.05) is 0 Å². The van der Waals surface area contributed by atoms with Gasteiger partial charge < -0.3 is 0 Å². The Kier molecular flexibility index (Phi) is 1.78. The predicted octanol–water partition coefficient (Wildman–Crippen LogP) is 2.34. The van der Waals surface area contributed by atoms with E-state index in [9.17, 15) is 4.39 Å². The largest absolute Gasteiger partial charge is 0.270 e. The molecule has 5 heteroatoms. The maximum Gasteiger partial charge on any atom is 0.153 e. The summed E-state index contributed by atoms with van der Waals surface area (Å²) in [5.74, 6) is -0.541. The Bertz CT molecular complexity index is 512. The highest BCUT2D eigenvalue weighted by Gasteiger charge is 2.11. The van der Waals surface area contributed by atoms with Crippen LogP contribution in [0.3, 0.4) is 0 Å². The first-order valence-corrected chi connectivity index (χ1v) is 4.25. The first kappa shape index (κ1) is 8.20. The van der Waals surface area contributed by atoms with E-state index in [0.717, 1.165) is 0 Å². The molecule has 1 aromatic carbocycles. The zero-order valence-electron chi connectivity index (χ0n) is 6.31. The third-order valence-electron chi connectivity index (χ3n) is 1.73. The average Bonchev–Trinajstić information content (AvgIpc) is 2.49. The number of hydrogen-bond donors (Lipinski definition) is 1. The quantitative estimate of drug-likeness (QED) is 0.768. The zero-order chi connectivity index (χ0) is 9.42. The van der Waals surface area contributed by atoms with Gasteiger partial charge in [0.05, 0.1) is 16.5 Å². The second-order valence-electron chi connectivity index (χ2n) is 2.47. The minimum absolute atomic E-state index is 0.0228. The highest BCUT2D eigenvalue weighted by atomic mass is 79.9. The summed E-state index contributed by atoms with van der Waals surface area (Å²) in [6, 6.07) is 4.77. The number of nitrogens with zero attached hydrogens (tertiary/aromatic N) is 2. The van der Waals surface area contributed by atoms with Crippen molar-refractivity contribution in [3.8, 4) is 6.07 Å². The molecule has 1 aromatic heterocycles. The average molecular weight is 240 g/mol. The Labute approximate surface area is 81.3 Å². The van der Waals surface area contributed by atoms with Crippen LogP contribution in [0, 0.1) is 17.1 Å². The van der Waals surface area contributed by atoms with Crippen LogP contribution in [0.15, 0.2) is 16.7 Å². The zero-order valence-corrected chi connectivity index (χ0v) is 7.89. The summed E-state index contributed by atoms with van der Waals surface area (Å²) in [6.45, 7) is 0. The minimum atomic E-state index is -0.541. The van der Waals surface area contributed by atoms with E-state index < -0.39 is 5.82 Å². The molecule has 0 radical (unpaired) electrons. The number of benzene rings is 1. The molecule has 64 valence electrons. The van der Waals surface area contributed by atoms with Gasteiger partial charge in [-0.15, -0.1) is 0 Å². The Morgan fingerprint density at radius 1 is 1.54 bits per heavy atom. The molecule has 0 aliphatic rings. The molecule has 0 spiro atoms. The van der Waals surface area contributed by atoms with Crippen LogP contribution in [0.4, 0.5) is 4.39 Å². The molecule has 13 heavy (non-hydrogen) atoms. The van der Waals surface area contributed by atoms with Gasteiger partial charge in [0, 0.05) is 0 Å². The van der Waals surface area contributed by atoms with Crippen molar-refractivity contribution in [1.29, 1.82) is 5.26 Å². The smallest absolute Gasteiger partial charge is 0.153 e. The van der Waals surface area contributed by atoms with Crippen molar-refractivity contribution < 1.29 is 4.39 Å². The van der Waals surface area contributed by atoms with Crippen LogP contribution >= 0.6 is 15.9 Å². The van der Waals surface area contributed by atoms with Gasteiger partial charge in [-0.3, -0.25) is 5.10 Å². The summed E-state index contributed by atoms with van der Waals surface area (Å²) in [7, 11) is 0. The lowest BCUT2D eigenvalue weighted by Gasteiger charge is -1.93. The van der Waals surface area contributed by atoms with Crippen LogP contribution in [0.25, 0.3) is 10.9 Å². The van der Waals surface area contributed by atoms with Crippen molar-refractivity contribution in [3.05, 3.63) is 28.1 Å². The molecule has 1 heterocycles. The third kappa shape index (κ3) is 1.11. The van der Waals surface area contributed by atoms with E-state index in [-0.39, 0.29) is 5.56 Å². The second kappa shape index (κ2) is 2.82. The third-order valence-corrected chi connectivity index (χ3v) is 2.31. The predicted molar refractivity (Wildman–Crippen MR) is 48.5 cm³/mol. The lowest BCUT2D eigenvalue weighted by molar-refractivity contribution is 0.635. The van der Waals surface area contributed by atoms with Gasteiger partial charge in [-0.05, 0) is 28.1 Å². The molecule has 0 fully saturated rings. The lowest BCUT2D eigenvalue weighted by atomic mass is 10.1. The van der Waals surface area contributed by atoms with Crippen LogP contribution < -0.4 is 0 Å². The topological polar surface area (TPSA) is 52.5 Å². The molecule has 0 saturated heterocycles. The van der Waals surface area contributed by atoms with E-state index in [4.69, 9.17) is 5.26 Å². The van der Waals surface area contributed by atoms with Gasteiger partial charge >= 0.3 is 0 Å². The maximum absolute atomic E-state index is 13.5. The fourth-order valence-electron chi connectivity index (χ4n) is 1.12. The maximum atomic E-state index is 13.5. The van der Waals surface area contributed by atoms with Crippen molar-refractivity contribution in [3.63, 3.8) is 0 Å². The van der Waals surface area contributed by atoms with E-state index in [2.05, 4.69) is 26.1 Å². The van der Waals surface area contributed by atoms with Gasteiger partial charge in [0.15, 0.2) is 5.82 Å².